The lowest BCUT2D eigenvalue weighted by atomic mass is 9.81. The maximum Gasteiger partial charge on any atom is 0.131 e. The van der Waals surface area contributed by atoms with Gasteiger partial charge in [0, 0.05) is 23.8 Å². The fourth-order valence-electron chi connectivity index (χ4n) is 2.43. The molecule has 17 heavy (non-hydrogen) atoms. The number of aryl methyl sites for hydroxylation is 1. The molecule has 0 unspecified atom stereocenters. The third-order valence-corrected chi connectivity index (χ3v) is 3.76. The normalized spacial score (nSPS) is 25.3. The Morgan fingerprint density at radius 3 is 2.41 bits per heavy atom. The van der Waals surface area contributed by atoms with E-state index in [1.54, 1.807) is 5.54 Å². The van der Waals surface area contributed by atoms with Gasteiger partial charge in [-0.05, 0) is 43.6 Å². The molecule has 92 valence electrons. The lowest BCUT2D eigenvalue weighted by molar-refractivity contribution is 0.366. The van der Waals surface area contributed by atoms with Gasteiger partial charge in [-0.15, -0.1) is 0 Å². The summed E-state index contributed by atoms with van der Waals surface area (Å²) in [5.74, 6) is 2.22. The van der Waals surface area contributed by atoms with Gasteiger partial charge in [-0.25, -0.2) is 9.97 Å². The van der Waals surface area contributed by atoms with Crippen LogP contribution in [0.25, 0.3) is 0 Å². The zero-order valence-corrected chi connectivity index (χ0v) is 11.0. The molecule has 0 atom stereocenters. The number of rotatable bonds is 3. The molecule has 0 radical (unpaired) electrons. The molecule has 1 heterocycles. The zero-order valence-electron chi connectivity index (χ0n) is 10.3. The summed E-state index contributed by atoms with van der Waals surface area (Å²) in [6.45, 7) is 2.13. The average Bonchev–Trinajstić information content (AvgIpc) is 2.40. The van der Waals surface area contributed by atoms with Gasteiger partial charge in [0.15, 0.2) is 0 Å². The molecule has 0 spiro atoms. The Morgan fingerprint density at radius 1 is 1.24 bits per heavy atom. The Balaban J connectivity index is 1.95. The van der Waals surface area contributed by atoms with Crippen molar-refractivity contribution in [1.82, 2.24) is 9.97 Å². The number of hydrogen-bond acceptors (Lipinski definition) is 2. The van der Waals surface area contributed by atoms with E-state index in [9.17, 15) is 0 Å². The van der Waals surface area contributed by atoms with Crippen molar-refractivity contribution < 1.29 is 0 Å². The van der Waals surface area contributed by atoms with Crippen molar-refractivity contribution in [2.75, 3.05) is 0 Å². The second-order valence-corrected chi connectivity index (χ2v) is 4.99. The first-order chi connectivity index (χ1) is 8.33. The monoisotopic (exact) mass is 250 g/mol. The summed E-state index contributed by atoms with van der Waals surface area (Å²) in [5.41, 5.74) is 2.87. The summed E-state index contributed by atoms with van der Waals surface area (Å²) in [6, 6.07) is 0. The van der Waals surface area contributed by atoms with Gasteiger partial charge < -0.3 is 0 Å². The molecule has 0 bridgehead atoms. The standard InChI is InChI=1S/C14H19ClN2/c1-2-11-9-16-14(17-10-11)13-5-3-12(4-6-13)7-8-15/h7-10,12-13H,2-6H2,1H3/b8-7+/t12-,13-. The summed E-state index contributed by atoms with van der Waals surface area (Å²) in [5, 5.41) is 0. The van der Waals surface area contributed by atoms with Crippen LogP contribution in [0.5, 0.6) is 0 Å². The third kappa shape index (κ3) is 3.29. The zero-order chi connectivity index (χ0) is 12.1. The van der Waals surface area contributed by atoms with E-state index < -0.39 is 0 Å². The molecule has 0 aliphatic heterocycles. The molecule has 0 aromatic carbocycles. The van der Waals surface area contributed by atoms with Gasteiger partial charge in [-0.2, -0.15) is 0 Å². The molecule has 0 amide bonds. The molecule has 1 aliphatic rings. The second kappa shape index (κ2) is 6.15. The van der Waals surface area contributed by atoms with Gasteiger partial charge >= 0.3 is 0 Å². The topological polar surface area (TPSA) is 25.8 Å². The summed E-state index contributed by atoms with van der Waals surface area (Å²) in [7, 11) is 0. The van der Waals surface area contributed by atoms with E-state index in [0.717, 1.165) is 12.2 Å². The Hall–Kier alpha value is -0.890. The first-order valence-corrected chi connectivity index (χ1v) is 6.84. The predicted octanol–water partition coefficient (Wildman–Crippen LogP) is 4.07. The van der Waals surface area contributed by atoms with E-state index in [0.29, 0.717) is 11.8 Å². The molecule has 0 N–H and O–H groups in total. The highest BCUT2D eigenvalue weighted by Crippen LogP contribution is 2.34. The quantitative estimate of drug-likeness (QED) is 0.808. The minimum atomic E-state index is 0.542. The highest BCUT2D eigenvalue weighted by molar-refractivity contribution is 6.25. The maximum absolute atomic E-state index is 5.62. The number of nitrogens with zero attached hydrogens (tertiary/aromatic N) is 2. The summed E-state index contributed by atoms with van der Waals surface area (Å²) < 4.78 is 0. The molecule has 2 rings (SSSR count). The van der Waals surface area contributed by atoms with E-state index in [2.05, 4.69) is 23.0 Å². The van der Waals surface area contributed by atoms with Crippen LogP contribution in [0.3, 0.4) is 0 Å². The summed E-state index contributed by atoms with van der Waals surface area (Å²) in [6.07, 6.45) is 11.8. The van der Waals surface area contributed by atoms with Crippen molar-refractivity contribution in [3.8, 4) is 0 Å². The van der Waals surface area contributed by atoms with Gasteiger partial charge in [0.2, 0.25) is 0 Å². The number of hydrogen-bond donors (Lipinski definition) is 0. The molecule has 2 nitrogen and oxygen atoms in total. The second-order valence-electron chi connectivity index (χ2n) is 4.73. The van der Waals surface area contributed by atoms with Gasteiger partial charge in [0.05, 0.1) is 0 Å². The number of halogens is 1. The molecular formula is C14H19ClN2. The minimum Gasteiger partial charge on any atom is -0.241 e. The minimum absolute atomic E-state index is 0.542. The van der Waals surface area contributed by atoms with Crippen LogP contribution in [0.15, 0.2) is 24.0 Å². The van der Waals surface area contributed by atoms with Crippen molar-refractivity contribution >= 4 is 11.6 Å². The Morgan fingerprint density at radius 2 is 1.88 bits per heavy atom. The van der Waals surface area contributed by atoms with Crippen LogP contribution in [-0.4, -0.2) is 9.97 Å². The lowest BCUT2D eigenvalue weighted by Crippen LogP contribution is -2.14. The van der Waals surface area contributed by atoms with Gasteiger partial charge in [0.1, 0.15) is 5.82 Å². The molecule has 1 aliphatic carbocycles. The van der Waals surface area contributed by atoms with Crippen LogP contribution in [0, 0.1) is 5.92 Å². The smallest absolute Gasteiger partial charge is 0.131 e. The Labute approximate surface area is 108 Å². The summed E-state index contributed by atoms with van der Waals surface area (Å²) >= 11 is 5.62. The van der Waals surface area contributed by atoms with Crippen LogP contribution < -0.4 is 0 Å². The highest BCUT2D eigenvalue weighted by atomic mass is 35.5. The number of aromatic nitrogens is 2. The Bertz CT molecular complexity index is 364. The lowest BCUT2D eigenvalue weighted by Gasteiger charge is -2.25. The van der Waals surface area contributed by atoms with E-state index >= 15 is 0 Å². The third-order valence-electron chi connectivity index (χ3n) is 3.62. The van der Waals surface area contributed by atoms with E-state index in [-0.39, 0.29) is 0 Å². The molecule has 1 aromatic heterocycles. The molecule has 3 heteroatoms. The van der Waals surface area contributed by atoms with Crippen LogP contribution in [0.1, 0.15) is 49.9 Å². The molecular weight excluding hydrogens is 232 g/mol. The van der Waals surface area contributed by atoms with Gasteiger partial charge in [-0.3, -0.25) is 0 Å². The van der Waals surface area contributed by atoms with Crippen LogP contribution in [-0.2, 0) is 6.42 Å². The molecule has 1 saturated carbocycles. The van der Waals surface area contributed by atoms with E-state index in [4.69, 9.17) is 11.6 Å². The van der Waals surface area contributed by atoms with Crippen molar-refractivity contribution in [2.45, 2.75) is 44.9 Å². The van der Waals surface area contributed by atoms with Crippen LogP contribution in [0.4, 0.5) is 0 Å². The van der Waals surface area contributed by atoms with Crippen molar-refractivity contribution in [2.24, 2.45) is 5.92 Å². The highest BCUT2D eigenvalue weighted by Gasteiger charge is 2.22. The maximum atomic E-state index is 5.62. The SMILES string of the molecule is CCc1cnc([C@H]2CC[C@H](/C=C/Cl)CC2)nc1. The van der Waals surface area contributed by atoms with E-state index in [1.807, 2.05) is 12.4 Å². The fourth-order valence-corrected chi connectivity index (χ4v) is 2.64. The predicted molar refractivity (Wildman–Crippen MR) is 71.1 cm³/mol. The van der Waals surface area contributed by atoms with Crippen molar-refractivity contribution in [3.63, 3.8) is 0 Å². The van der Waals surface area contributed by atoms with E-state index in [1.165, 1.54) is 31.2 Å². The van der Waals surface area contributed by atoms with Crippen molar-refractivity contribution in [1.29, 1.82) is 0 Å². The fraction of sp³-hybridized carbons (Fsp3) is 0.571. The first-order valence-electron chi connectivity index (χ1n) is 6.41. The summed E-state index contributed by atoms with van der Waals surface area (Å²) in [4.78, 5) is 8.98. The van der Waals surface area contributed by atoms with Crippen molar-refractivity contribution in [3.05, 3.63) is 35.4 Å². The molecule has 1 aromatic rings. The van der Waals surface area contributed by atoms with Gasteiger partial charge in [-0.1, -0.05) is 24.6 Å². The van der Waals surface area contributed by atoms with Crippen LogP contribution in [0.2, 0.25) is 0 Å². The van der Waals surface area contributed by atoms with Gasteiger partial charge in [0.25, 0.3) is 0 Å². The Kier molecular flexibility index (Phi) is 4.55. The average molecular weight is 251 g/mol. The van der Waals surface area contributed by atoms with Crippen LogP contribution >= 0.6 is 11.6 Å². The number of allylic oxidation sites excluding steroid dienone is 1. The largest absolute Gasteiger partial charge is 0.241 e. The molecule has 1 fully saturated rings. The first kappa shape index (κ1) is 12.6. The molecule has 0 saturated heterocycles.